The monoisotopic (exact) mass is 387 g/mol. The Morgan fingerprint density at radius 3 is 2.32 bits per heavy atom. The number of carbonyl (C=O) groups is 5. The van der Waals surface area contributed by atoms with Crippen molar-refractivity contribution in [2.24, 2.45) is 0 Å². The van der Waals surface area contributed by atoms with E-state index in [2.05, 4.69) is 10.6 Å². The molecule has 1 unspecified atom stereocenters. The number of imide groups is 2. The van der Waals surface area contributed by atoms with Crippen molar-refractivity contribution in [3.8, 4) is 0 Å². The highest BCUT2D eigenvalue weighted by atomic mass is 16.5. The van der Waals surface area contributed by atoms with Crippen molar-refractivity contribution in [1.29, 1.82) is 0 Å². The van der Waals surface area contributed by atoms with Gasteiger partial charge in [-0.1, -0.05) is 12.1 Å². The Kier molecular flexibility index (Phi) is 5.72. The number of nitrogens with zero attached hydrogens (tertiary/aromatic N) is 1. The molecule has 1 fully saturated rings. The number of benzene rings is 1. The summed E-state index contributed by atoms with van der Waals surface area (Å²) in [6.07, 6.45) is 0.787. The van der Waals surface area contributed by atoms with Crippen LogP contribution in [0.5, 0.6) is 0 Å². The van der Waals surface area contributed by atoms with E-state index in [0.717, 1.165) is 17.7 Å². The Bertz CT molecular complexity index is 798. The average molecular weight is 387 g/mol. The van der Waals surface area contributed by atoms with Crippen LogP contribution in [0.2, 0.25) is 0 Å². The second-order valence-corrected chi connectivity index (χ2v) is 6.78. The molecular weight excluding hydrogens is 366 g/mol. The lowest BCUT2D eigenvalue weighted by atomic mass is 10.1. The van der Waals surface area contributed by atoms with Crippen LogP contribution in [-0.2, 0) is 14.3 Å². The van der Waals surface area contributed by atoms with Gasteiger partial charge in [0, 0.05) is 19.0 Å². The Labute approximate surface area is 161 Å². The highest BCUT2D eigenvalue weighted by molar-refractivity contribution is 6.21. The fourth-order valence-electron chi connectivity index (χ4n) is 2.80. The molecule has 2 aliphatic rings. The molecule has 3 rings (SSSR count). The third kappa shape index (κ3) is 4.54. The van der Waals surface area contributed by atoms with Gasteiger partial charge in [0.25, 0.3) is 17.7 Å². The largest absolute Gasteiger partial charge is 0.453 e. The van der Waals surface area contributed by atoms with E-state index < -0.39 is 24.0 Å². The first-order valence-electron chi connectivity index (χ1n) is 9.13. The number of fused-ring (bicyclic) bond motifs is 1. The summed E-state index contributed by atoms with van der Waals surface area (Å²) < 4.78 is 4.99. The molecule has 1 aliphatic heterocycles. The van der Waals surface area contributed by atoms with E-state index >= 15 is 0 Å². The number of hydrogen-bond acceptors (Lipinski definition) is 6. The van der Waals surface area contributed by atoms with Crippen LogP contribution in [-0.4, -0.2) is 53.3 Å². The van der Waals surface area contributed by atoms with Gasteiger partial charge in [-0.15, -0.1) is 0 Å². The number of urea groups is 1. The smallest absolute Gasteiger partial charge is 0.321 e. The molecule has 1 aromatic carbocycles. The van der Waals surface area contributed by atoms with Gasteiger partial charge in [0.15, 0.2) is 6.10 Å². The number of carbonyl (C=O) groups excluding carboxylic acids is 5. The molecular formula is C19H21N3O6. The van der Waals surface area contributed by atoms with Crippen LogP contribution in [0.15, 0.2) is 24.3 Å². The Balaban J connectivity index is 1.39. The molecule has 1 atom stereocenters. The minimum atomic E-state index is -1.13. The minimum Gasteiger partial charge on any atom is -0.453 e. The number of esters is 1. The van der Waals surface area contributed by atoms with Crippen LogP contribution in [0.3, 0.4) is 0 Å². The lowest BCUT2D eigenvalue weighted by molar-refractivity contribution is -0.154. The van der Waals surface area contributed by atoms with E-state index in [1.807, 2.05) is 0 Å². The normalized spacial score (nSPS) is 16.4. The molecule has 1 heterocycles. The summed E-state index contributed by atoms with van der Waals surface area (Å²) >= 11 is 0. The molecule has 9 nitrogen and oxygen atoms in total. The van der Waals surface area contributed by atoms with E-state index in [4.69, 9.17) is 4.74 Å². The first kappa shape index (κ1) is 19.5. The van der Waals surface area contributed by atoms with Crippen molar-refractivity contribution in [2.75, 3.05) is 6.54 Å². The zero-order valence-electron chi connectivity index (χ0n) is 15.4. The number of nitrogens with one attached hydrogen (secondary N) is 2. The third-order valence-electron chi connectivity index (χ3n) is 4.47. The third-order valence-corrected chi connectivity index (χ3v) is 4.47. The summed E-state index contributed by atoms with van der Waals surface area (Å²) in [6.45, 7) is 1.44. The molecule has 0 saturated heterocycles. The summed E-state index contributed by atoms with van der Waals surface area (Å²) in [6, 6.07) is 6.03. The van der Waals surface area contributed by atoms with Gasteiger partial charge in [-0.05, 0) is 38.3 Å². The van der Waals surface area contributed by atoms with Gasteiger partial charge in [-0.25, -0.2) is 4.79 Å². The zero-order valence-corrected chi connectivity index (χ0v) is 15.4. The lowest BCUT2D eigenvalue weighted by Gasteiger charge is -2.15. The quantitative estimate of drug-likeness (QED) is 0.531. The number of ether oxygens (including phenoxy) is 1. The van der Waals surface area contributed by atoms with Crippen LogP contribution in [0.4, 0.5) is 4.79 Å². The van der Waals surface area contributed by atoms with Crippen LogP contribution < -0.4 is 10.6 Å². The van der Waals surface area contributed by atoms with Gasteiger partial charge in [0.05, 0.1) is 11.1 Å². The molecule has 0 bridgehead atoms. The summed E-state index contributed by atoms with van der Waals surface area (Å²) in [7, 11) is 0. The fourth-order valence-corrected chi connectivity index (χ4v) is 2.80. The fraction of sp³-hybridized carbons (Fsp3) is 0.421. The molecule has 28 heavy (non-hydrogen) atoms. The maximum atomic E-state index is 12.2. The first-order valence-corrected chi connectivity index (χ1v) is 9.13. The van der Waals surface area contributed by atoms with Gasteiger partial charge >= 0.3 is 12.0 Å². The van der Waals surface area contributed by atoms with E-state index in [1.54, 1.807) is 24.3 Å². The van der Waals surface area contributed by atoms with Crippen LogP contribution in [0, 0.1) is 0 Å². The zero-order chi connectivity index (χ0) is 20.3. The van der Waals surface area contributed by atoms with Gasteiger partial charge in [0.1, 0.15) is 0 Å². The van der Waals surface area contributed by atoms with Crippen molar-refractivity contribution in [2.45, 2.75) is 44.8 Å². The summed E-state index contributed by atoms with van der Waals surface area (Å²) in [4.78, 5) is 60.8. The number of amides is 5. The lowest BCUT2D eigenvalue weighted by Crippen LogP contribution is -2.45. The number of hydrogen-bond donors (Lipinski definition) is 2. The maximum Gasteiger partial charge on any atom is 0.321 e. The Morgan fingerprint density at radius 2 is 1.75 bits per heavy atom. The van der Waals surface area contributed by atoms with Crippen LogP contribution in [0.1, 0.15) is 53.3 Å². The Morgan fingerprint density at radius 1 is 1.14 bits per heavy atom. The molecule has 5 amide bonds. The molecule has 1 saturated carbocycles. The second kappa shape index (κ2) is 8.20. The second-order valence-electron chi connectivity index (χ2n) is 6.78. The topological polar surface area (TPSA) is 122 Å². The highest BCUT2D eigenvalue weighted by Crippen LogP contribution is 2.22. The molecule has 0 spiro atoms. The van der Waals surface area contributed by atoms with Crippen molar-refractivity contribution in [3.05, 3.63) is 35.4 Å². The molecule has 148 valence electrons. The van der Waals surface area contributed by atoms with Crippen LogP contribution >= 0.6 is 0 Å². The molecule has 9 heteroatoms. The molecule has 1 aromatic rings. The first-order chi connectivity index (χ1) is 13.4. The van der Waals surface area contributed by atoms with Gasteiger partial charge in [-0.2, -0.15) is 0 Å². The molecule has 1 aliphatic carbocycles. The van der Waals surface area contributed by atoms with Crippen LogP contribution in [0.25, 0.3) is 0 Å². The van der Waals surface area contributed by atoms with Crippen molar-refractivity contribution in [3.63, 3.8) is 0 Å². The minimum absolute atomic E-state index is 0.0701. The summed E-state index contributed by atoms with van der Waals surface area (Å²) in [5.74, 6) is -2.14. The SMILES string of the molecule is CC(OC(=O)CCCN1C(=O)c2ccccc2C1=O)C(=O)NC(=O)NC1CC1. The van der Waals surface area contributed by atoms with E-state index in [1.165, 1.54) is 6.92 Å². The maximum absolute atomic E-state index is 12.2. The Hall–Kier alpha value is -3.23. The summed E-state index contributed by atoms with van der Waals surface area (Å²) in [5.41, 5.74) is 0.703. The van der Waals surface area contributed by atoms with Crippen molar-refractivity contribution in [1.82, 2.24) is 15.5 Å². The van der Waals surface area contributed by atoms with E-state index in [9.17, 15) is 24.0 Å². The van der Waals surface area contributed by atoms with Gasteiger partial charge < -0.3 is 10.1 Å². The predicted molar refractivity (Wildman–Crippen MR) is 96.3 cm³/mol. The molecule has 0 aromatic heterocycles. The van der Waals surface area contributed by atoms with E-state index in [0.29, 0.717) is 11.1 Å². The van der Waals surface area contributed by atoms with Crippen molar-refractivity contribution >= 4 is 29.7 Å². The van der Waals surface area contributed by atoms with Gasteiger partial charge in [-0.3, -0.25) is 29.4 Å². The molecule has 0 radical (unpaired) electrons. The average Bonchev–Trinajstić information content (AvgIpc) is 3.44. The predicted octanol–water partition coefficient (Wildman–Crippen LogP) is 0.983. The standard InChI is InChI=1S/C19H21N3O6/c1-11(16(24)21-19(27)20-12-8-9-12)28-15(23)7-4-10-22-17(25)13-5-2-3-6-14(13)18(22)26/h2-3,5-6,11-12H,4,7-10H2,1H3,(H2,20,21,24,27). The highest BCUT2D eigenvalue weighted by Gasteiger charge is 2.34. The number of rotatable bonds is 7. The van der Waals surface area contributed by atoms with Gasteiger partial charge in [0.2, 0.25) is 0 Å². The molecule has 2 N–H and O–H groups in total. The summed E-state index contributed by atoms with van der Waals surface area (Å²) in [5, 5.41) is 4.71. The van der Waals surface area contributed by atoms with Crippen molar-refractivity contribution < 1.29 is 28.7 Å². The van der Waals surface area contributed by atoms with E-state index in [-0.39, 0.29) is 37.2 Å².